The van der Waals surface area contributed by atoms with E-state index >= 15 is 0 Å². The topological polar surface area (TPSA) is 72.2 Å². The number of fused-ring (bicyclic) bond motifs is 4. The molecule has 0 spiro atoms. The van der Waals surface area contributed by atoms with Gasteiger partial charge in [-0.2, -0.15) is 0 Å². The van der Waals surface area contributed by atoms with Crippen LogP contribution in [0.25, 0.3) is 26.1 Å². The number of carbonyl (C=O) groups is 1. The van der Waals surface area contributed by atoms with Gasteiger partial charge in [-0.15, -0.1) is 10.2 Å². The molecule has 3 heterocycles. The van der Waals surface area contributed by atoms with Crippen LogP contribution < -0.4 is 5.32 Å². The van der Waals surface area contributed by atoms with Crippen LogP contribution in [0.1, 0.15) is 6.92 Å². The Bertz CT molecular complexity index is 1320. The fraction of sp³-hybridized carbons (Fsp3) is 0.100. The van der Waals surface area contributed by atoms with Gasteiger partial charge in [-0.1, -0.05) is 41.3 Å². The number of hydrogen-bond acceptors (Lipinski definition) is 6. The van der Waals surface area contributed by atoms with Gasteiger partial charge in [0.05, 0.1) is 26.7 Å². The first-order valence-electron chi connectivity index (χ1n) is 8.74. The van der Waals surface area contributed by atoms with Crippen molar-refractivity contribution in [3.8, 4) is 0 Å². The number of hydrogen-bond donors (Lipinski definition) is 1. The van der Waals surface area contributed by atoms with E-state index < -0.39 is 0 Å². The lowest BCUT2D eigenvalue weighted by Gasteiger charge is -2.12. The third-order valence-electron chi connectivity index (χ3n) is 4.47. The minimum absolute atomic E-state index is 0.0855. The van der Waals surface area contributed by atoms with Crippen LogP contribution in [0.15, 0.2) is 66.0 Å². The zero-order valence-corrected chi connectivity index (χ0v) is 16.5. The van der Waals surface area contributed by atoms with E-state index in [1.165, 1.54) is 11.8 Å². The van der Waals surface area contributed by atoms with Crippen LogP contribution in [0.5, 0.6) is 0 Å². The Kier molecular flexibility index (Phi) is 4.22. The molecule has 0 bridgehead atoms. The summed E-state index contributed by atoms with van der Waals surface area (Å²) >= 11 is 2.99. The lowest BCUT2D eigenvalue weighted by molar-refractivity contribution is -0.115. The maximum atomic E-state index is 12.8. The van der Waals surface area contributed by atoms with Crippen LogP contribution in [0.4, 0.5) is 5.69 Å². The maximum absolute atomic E-state index is 12.8. The van der Waals surface area contributed by atoms with Crippen molar-refractivity contribution in [1.82, 2.24) is 19.6 Å². The Labute approximate surface area is 168 Å². The molecule has 5 aromatic rings. The van der Waals surface area contributed by atoms with Gasteiger partial charge in [-0.05, 0) is 43.3 Å². The molecule has 0 aliphatic rings. The summed E-state index contributed by atoms with van der Waals surface area (Å²) < 4.78 is 3.16. The number of rotatable bonds is 4. The first kappa shape index (κ1) is 17.2. The van der Waals surface area contributed by atoms with Gasteiger partial charge in [0, 0.05) is 11.6 Å². The van der Waals surface area contributed by atoms with Gasteiger partial charge in [-0.3, -0.25) is 14.2 Å². The summed E-state index contributed by atoms with van der Waals surface area (Å²) in [7, 11) is 0. The van der Waals surface area contributed by atoms with E-state index in [9.17, 15) is 4.79 Å². The normalized spacial score (nSPS) is 12.6. The zero-order valence-electron chi connectivity index (χ0n) is 14.9. The van der Waals surface area contributed by atoms with Crippen molar-refractivity contribution < 1.29 is 4.79 Å². The van der Waals surface area contributed by atoms with Crippen LogP contribution in [-0.4, -0.2) is 30.7 Å². The molecule has 138 valence electrons. The van der Waals surface area contributed by atoms with Crippen molar-refractivity contribution in [2.24, 2.45) is 0 Å². The van der Waals surface area contributed by atoms with Crippen LogP contribution >= 0.6 is 23.1 Å². The number of amides is 1. The number of thioether (sulfide) groups is 1. The van der Waals surface area contributed by atoms with E-state index in [0.717, 1.165) is 36.9 Å². The lowest BCUT2D eigenvalue weighted by atomic mass is 10.2. The number of carbonyl (C=O) groups excluding carboxylic acids is 1. The average molecular weight is 406 g/mol. The number of pyridine rings is 1. The minimum atomic E-state index is -0.335. The number of nitrogens with one attached hydrogen (secondary N) is 1. The average Bonchev–Trinajstić information content (AvgIpc) is 3.28. The van der Waals surface area contributed by atoms with E-state index in [-0.39, 0.29) is 11.2 Å². The van der Waals surface area contributed by atoms with Gasteiger partial charge in [0.1, 0.15) is 0 Å². The Morgan fingerprint density at radius 2 is 2.00 bits per heavy atom. The number of thiazole rings is 1. The summed E-state index contributed by atoms with van der Waals surface area (Å²) in [4.78, 5) is 18.0. The van der Waals surface area contributed by atoms with E-state index in [1.54, 1.807) is 17.5 Å². The fourth-order valence-electron chi connectivity index (χ4n) is 3.09. The van der Waals surface area contributed by atoms with Crippen LogP contribution in [0, 0.1) is 0 Å². The van der Waals surface area contributed by atoms with Crippen LogP contribution in [-0.2, 0) is 4.79 Å². The standard InChI is InChI=1S/C20H15N5OS2/c1-12(18(26)22-15-8-4-7-14-13(15)6-5-11-21-14)27-19-23-24-20-25(19)16-9-2-3-10-17(16)28-20/h2-12H,1H3,(H,22,26). The van der Waals surface area contributed by atoms with E-state index in [2.05, 4.69) is 26.6 Å². The number of nitrogens with zero attached hydrogens (tertiary/aromatic N) is 4. The Morgan fingerprint density at radius 1 is 1.11 bits per heavy atom. The van der Waals surface area contributed by atoms with Crippen molar-refractivity contribution in [2.45, 2.75) is 17.3 Å². The van der Waals surface area contributed by atoms with Gasteiger partial charge in [0.2, 0.25) is 10.9 Å². The molecule has 5 rings (SSSR count). The highest BCUT2D eigenvalue weighted by molar-refractivity contribution is 8.00. The molecule has 28 heavy (non-hydrogen) atoms. The van der Waals surface area contributed by atoms with Crippen LogP contribution in [0.3, 0.4) is 0 Å². The second kappa shape index (κ2) is 6.88. The molecule has 0 aliphatic carbocycles. The molecule has 0 aliphatic heterocycles. The summed E-state index contributed by atoms with van der Waals surface area (Å²) in [6.45, 7) is 1.87. The molecule has 8 heteroatoms. The van der Waals surface area contributed by atoms with Gasteiger partial charge >= 0.3 is 0 Å². The van der Waals surface area contributed by atoms with Gasteiger partial charge in [0.25, 0.3) is 0 Å². The molecule has 0 saturated carbocycles. The quantitative estimate of drug-likeness (QED) is 0.442. The first-order chi connectivity index (χ1) is 13.7. The molecule has 6 nitrogen and oxygen atoms in total. The molecule has 1 atom stereocenters. The monoisotopic (exact) mass is 405 g/mol. The van der Waals surface area contributed by atoms with E-state index in [4.69, 9.17) is 0 Å². The molecule has 2 aromatic carbocycles. The zero-order chi connectivity index (χ0) is 19.1. The van der Waals surface area contributed by atoms with E-state index in [1.807, 2.05) is 59.9 Å². The summed E-state index contributed by atoms with van der Waals surface area (Å²) in [6.07, 6.45) is 1.74. The van der Waals surface area contributed by atoms with Crippen molar-refractivity contribution >= 4 is 60.8 Å². The molecular formula is C20H15N5OS2. The summed E-state index contributed by atoms with van der Waals surface area (Å²) in [5.41, 5.74) is 2.67. The van der Waals surface area contributed by atoms with Crippen molar-refractivity contribution in [1.29, 1.82) is 0 Å². The highest BCUT2D eigenvalue weighted by atomic mass is 32.2. The number of benzene rings is 2. The number of para-hydroxylation sites is 1. The Morgan fingerprint density at radius 3 is 2.93 bits per heavy atom. The van der Waals surface area contributed by atoms with Crippen molar-refractivity contribution in [2.75, 3.05) is 5.32 Å². The van der Waals surface area contributed by atoms with Crippen LogP contribution in [0.2, 0.25) is 0 Å². The first-order valence-corrected chi connectivity index (χ1v) is 10.4. The molecule has 1 N–H and O–H groups in total. The lowest BCUT2D eigenvalue weighted by Crippen LogP contribution is -2.22. The molecule has 0 radical (unpaired) electrons. The highest BCUT2D eigenvalue weighted by Crippen LogP contribution is 2.31. The second-order valence-corrected chi connectivity index (χ2v) is 8.61. The van der Waals surface area contributed by atoms with Gasteiger partial charge in [0.15, 0.2) is 5.16 Å². The largest absolute Gasteiger partial charge is 0.324 e. The van der Waals surface area contributed by atoms with E-state index in [0.29, 0.717) is 0 Å². The number of anilines is 1. The van der Waals surface area contributed by atoms with Gasteiger partial charge in [-0.25, -0.2) is 0 Å². The molecular weight excluding hydrogens is 390 g/mol. The maximum Gasteiger partial charge on any atom is 0.237 e. The SMILES string of the molecule is CC(Sc1nnc2sc3ccccc3n12)C(=O)Nc1cccc2ncccc12. The van der Waals surface area contributed by atoms with Gasteiger partial charge < -0.3 is 5.32 Å². The fourth-order valence-corrected chi connectivity index (χ4v) is 4.97. The smallest absolute Gasteiger partial charge is 0.237 e. The molecule has 0 saturated heterocycles. The Balaban J connectivity index is 1.41. The third kappa shape index (κ3) is 2.90. The predicted molar refractivity (Wildman–Crippen MR) is 114 cm³/mol. The highest BCUT2D eigenvalue weighted by Gasteiger charge is 2.20. The summed E-state index contributed by atoms with van der Waals surface area (Å²) in [5.74, 6) is -0.0855. The third-order valence-corrected chi connectivity index (χ3v) is 6.52. The predicted octanol–water partition coefficient (Wildman–Crippen LogP) is 4.61. The summed E-state index contributed by atoms with van der Waals surface area (Å²) in [5, 5.41) is 12.9. The molecule has 0 fully saturated rings. The molecule has 3 aromatic heterocycles. The minimum Gasteiger partial charge on any atom is -0.324 e. The second-order valence-electron chi connectivity index (χ2n) is 6.30. The molecule has 1 unspecified atom stereocenters. The molecule has 1 amide bonds. The van der Waals surface area contributed by atoms with Crippen molar-refractivity contribution in [3.05, 3.63) is 60.8 Å². The van der Waals surface area contributed by atoms with Crippen molar-refractivity contribution in [3.63, 3.8) is 0 Å². The Hall–Kier alpha value is -2.97. The summed E-state index contributed by atoms with van der Waals surface area (Å²) in [6, 6.07) is 17.6. The number of aromatic nitrogens is 4.